The van der Waals surface area contributed by atoms with E-state index in [-0.39, 0.29) is 10.9 Å². The van der Waals surface area contributed by atoms with Crippen molar-refractivity contribution in [2.45, 2.75) is 34.1 Å². The van der Waals surface area contributed by atoms with Crippen molar-refractivity contribution in [3.8, 4) is 11.1 Å². The number of nitrogens with one attached hydrogen (secondary N) is 2. The maximum Gasteiger partial charge on any atom is 0.348 e. The summed E-state index contributed by atoms with van der Waals surface area (Å²) in [6, 6.07) is 18.3. The van der Waals surface area contributed by atoms with E-state index in [2.05, 4.69) is 47.8 Å². The molecule has 5 aromatic rings. The van der Waals surface area contributed by atoms with E-state index in [1.54, 1.807) is 24.3 Å². The molecule has 2 heterocycles. The van der Waals surface area contributed by atoms with Gasteiger partial charge in [-0.1, -0.05) is 25.1 Å². The first-order chi connectivity index (χ1) is 21.8. The molecule has 0 saturated heterocycles. The zero-order valence-corrected chi connectivity index (χ0v) is 27.2. The van der Waals surface area contributed by atoms with E-state index in [9.17, 15) is 14.7 Å². The lowest BCUT2D eigenvalue weighted by molar-refractivity contribution is 0.0697. The molecule has 238 valence electrons. The Hall–Kier alpha value is -4.47. The molecule has 0 atom stereocenters. The molecule has 3 N–H and O–H groups in total. The molecule has 0 saturated carbocycles. The van der Waals surface area contributed by atoms with Crippen LogP contribution in [0.1, 0.15) is 44.5 Å². The van der Waals surface area contributed by atoms with Gasteiger partial charge in [0.05, 0.1) is 23.6 Å². The molecule has 0 bridgehead atoms. The molecule has 9 heteroatoms. The Bertz CT molecular complexity index is 1920. The first-order valence-electron chi connectivity index (χ1n) is 15.7. The van der Waals surface area contributed by atoms with Crippen LogP contribution < -0.4 is 31.1 Å². The highest BCUT2D eigenvalue weighted by atomic mass is 16.4. The predicted octanol–water partition coefficient (Wildman–Crippen LogP) is 5.53. The standard InChI is InChI=1S/C32H33N3O5.C4H11N/c1-5-34(6-2)20-12-14-24-26(18-20)39-30-25-15-13-21(35(7-3)17-16-33-4)19-27(25)40-32(38)29(30)28(24)22-10-8-9-11-23(22)31(36)37;1-3-4-5-2/h8-15,18-19,33H,5-7,16-17H2,1-4H3;5H,3-4H2,1-2H3/p+1. The van der Waals surface area contributed by atoms with E-state index < -0.39 is 11.6 Å². The molecular formula is C36H45N4O5+. The number of aromatic carboxylic acids is 1. The van der Waals surface area contributed by atoms with Crippen molar-refractivity contribution >= 4 is 44.6 Å². The number of fused-ring (bicyclic) bond motifs is 4. The maximum absolute atomic E-state index is 13.7. The summed E-state index contributed by atoms with van der Waals surface area (Å²) in [5.41, 5.74) is 2.78. The second kappa shape index (κ2) is 15.5. The summed E-state index contributed by atoms with van der Waals surface area (Å²) >= 11 is 0. The van der Waals surface area contributed by atoms with Gasteiger partial charge in [0.2, 0.25) is 5.36 Å². The summed E-state index contributed by atoms with van der Waals surface area (Å²) < 4.78 is 14.6. The average molecular weight is 614 g/mol. The zero-order valence-electron chi connectivity index (χ0n) is 27.2. The number of anilines is 1. The quantitative estimate of drug-likeness (QED) is 0.0772. The van der Waals surface area contributed by atoms with E-state index in [1.807, 2.05) is 50.5 Å². The molecule has 5 rings (SSSR count). The lowest BCUT2D eigenvalue weighted by Gasteiger charge is -2.22. The molecule has 0 amide bonds. The van der Waals surface area contributed by atoms with Gasteiger partial charge >= 0.3 is 11.6 Å². The molecule has 0 unspecified atom stereocenters. The number of nitrogens with zero attached hydrogens (tertiary/aromatic N) is 2. The largest absolute Gasteiger partial charge is 0.478 e. The van der Waals surface area contributed by atoms with Crippen LogP contribution in [0.2, 0.25) is 0 Å². The third kappa shape index (κ3) is 7.10. The van der Waals surface area contributed by atoms with Crippen molar-refractivity contribution < 1.29 is 18.7 Å². The van der Waals surface area contributed by atoms with E-state index >= 15 is 0 Å². The van der Waals surface area contributed by atoms with Gasteiger partial charge in [-0.15, -0.1) is 0 Å². The van der Waals surface area contributed by atoms with Crippen LogP contribution in [-0.2, 0) is 0 Å². The van der Waals surface area contributed by atoms with Crippen molar-refractivity contribution in [3.05, 3.63) is 82.0 Å². The maximum atomic E-state index is 13.7. The SMILES string of the molecule is CCCNC.CCN(CC)c1ccc2c(-c3ccccc3C(=O)O)c3c(=O)oc4cc(=[N+](CC)CCNC)ccc4c3oc2c1. The van der Waals surface area contributed by atoms with Crippen LogP contribution in [0.15, 0.2) is 74.3 Å². The molecule has 0 spiro atoms. The number of rotatable bonds is 11. The Morgan fingerprint density at radius 1 is 0.867 bits per heavy atom. The van der Waals surface area contributed by atoms with Gasteiger partial charge in [0.15, 0.2) is 12.1 Å². The summed E-state index contributed by atoms with van der Waals surface area (Å²) in [4.78, 5) is 28.2. The van der Waals surface area contributed by atoms with Crippen molar-refractivity contribution in [2.75, 3.05) is 58.3 Å². The van der Waals surface area contributed by atoms with Gasteiger partial charge in [0, 0.05) is 41.9 Å². The monoisotopic (exact) mass is 613 g/mol. The number of hydrogen-bond donors (Lipinski definition) is 3. The molecule has 0 aliphatic rings. The molecule has 45 heavy (non-hydrogen) atoms. The lowest BCUT2D eigenvalue weighted by Crippen LogP contribution is -2.34. The first kappa shape index (κ1) is 33.4. The molecular weight excluding hydrogens is 568 g/mol. The highest BCUT2D eigenvalue weighted by Crippen LogP contribution is 2.40. The van der Waals surface area contributed by atoms with Crippen molar-refractivity contribution in [3.63, 3.8) is 0 Å². The minimum Gasteiger partial charge on any atom is -0.478 e. The number of hydrogen-bond acceptors (Lipinski definition) is 7. The van der Waals surface area contributed by atoms with E-state index in [4.69, 9.17) is 8.83 Å². The third-order valence-corrected chi connectivity index (χ3v) is 7.97. The van der Waals surface area contributed by atoms with Gasteiger partial charge in [0.1, 0.15) is 23.1 Å². The third-order valence-electron chi connectivity index (χ3n) is 7.97. The van der Waals surface area contributed by atoms with Gasteiger partial charge in [-0.05, 0) is 77.7 Å². The van der Waals surface area contributed by atoms with Gasteiger partial charge in [-0.2, -0.15) is 0 Å². The number of likely N-dealkylation sites (N-methyl/N-ethyl adjacent to an activating group) is 2. The van der Waals surface area contributed by atoms with Gasteiger partial charge in [0.25, 0.3) is 0 Å². The zero-order chi connectivity index (χ0) is 32.5. The van der Waals surface area contributed by atoms with Crippen LogP contribution >= 0.6 is 0 Å². The van der Waals surface area contributed by atoms with E-state index in [1.165, 1.54) is 6.42 Å². The van der Waals surface area contributed by atoms with Crippen molar-refractivity contribution in [2.24, 2.45) is 0 Å². The number of carboxylic acids is 1. The van der Waals surface area contributed by atoms with Crippen LogP contribution in [-0.4, -0.2) is 64.4 Å². The Morgan fingerprint density at radius 3 is 2.18 bits per heavy atom. The highest BCUT2D eigenvalue weighted by Gasteiger charge is 2.23. The fourth-order valence-corrected chi connectivity index (χ4v) is 5.65. The van der Waals surface area contributed by atoms with Gasteiger partial charge in [-0.25, -0.2) is 14.2 Å². The summed E-state index contributed by atoms with van der Waals surface area (Å²) in [5.74, 6) is -1.08. The second-order valence-corrected chi connectivity index (χ2v) is 10.7. The summed E-state index contributed by atoms with van der Waals surface area (Å²) in [7, 11) is 3.88. The normalized spacial score (nSPS) is 11.9. The van der Waals surface area contributed by atoms with Crippen LogP contribution in [0.4, 0.5) is 5.69 Å². The topological polar surface area (TPSA) is 111 Å². The fraction of sp³-hybridized carbons (Fsp3) is 0.361. The van der Waals surface area contributed by atoms with Crippen LogP contribution in [0.25, 0.3) is 44.0 Å². The lowest BCUT2D eigenvalue weighted by atomic mass is 9.93. The molecule has 9 nitrogen and oxygen atoms in total. The van der Waals surface area contributed by atoms with E-state index in [0.29, 0.717) is 38.6 Å². The predicted molar refractivity (Wildman–Crippen MR) is 185 cm³/mol. The Kier molecular flexibility index (Phi) is 11.5. The molecule has 0 radical (unpaired) electrons. The van der Waals surface area contributed by atoms with Gasteiger partial charge in [-0.3, -0.25) is 0 Å². The Balaban J connectivity index is 0.000000854. The van der Waals surface area contributed by atoms with Crippen molar-refractivity contribution in [1.82, 2.24) is 15.2 Å². The molecule has 0 fully saturated rings. The average Bonchev–Trinajstić information content (AvgIpc) is 3.05. The van der Waals surface area contributed by atoms with Crippen molar-refractivity contribution in [1.29, 1.82) is 0 Å². The molecule has 0 aliphatic carbocycles. The summed E-state index contributed by atoms with van der Waals surface area (Å²) in [5, 5.41) is 18.7. The van der Waals surface area contributed by atoms with Crippen LogP contribution in [0.5, 0.6) is 0 Å². The Morgan fingerprint density at radius 2 is 1.56 bits per heavy atom. The first-order valence-corrected chi connectivity index (χ1v) is 15.7. The minimum atomic E-state index is -1.08. The summed E-state index contributed by atoms with van der Waals surface area (Å²) in [6.07, 6.45) is 1.23. The smallest absolute Gasteiger partial charge is 0.348 e. The Labute approximate surface area is 263 Å². The number of carboxylic acid groups (broad SMARTS) is 1. The molecule has 3 aromatic carbocycles. The molecule has 0 aliphatic heterocycles. The van der Waals surface area contributed by atoms with Crippen LogP contribution in [0, 0.1) is 0 Å². The number of benzene rings is 3. The van der Waals surface area contributed by atoms with Gasteiger partial charge < -0.3 is 29.5 Å². The fourth-order valence-electron chi connectivity index (χ4n) is 5.65. The molecule has 2 aromatic heterocycles. The van der Waals surface area contributed by atoms with E-state index in [0.717, 1.165) is 50.3 Å². The number of carbonyl (C=O) groups is 1. The van der Waals surface area contributed by atoms with Crippen LogP contribution in [0.3, 0.4) is 0 Å². The highest BCUT2D eigenvalue weighted by molar-refractivity contribution is 6.16. The second-order valence-electron chi connectivity index (χ2n) is 10.7. The summed E-state index contributed by atoms with van der Waals surface area (Å²) in [6.45, 7) is 13.6. The minimum absolute atomic E-state index is 0.0992.